The van der Waals surface area contributed by atoms with Gasteiger partial charge in [-0.15, -0.1) is 0 Å². The molecule has 0 saturated carbocycles. The molecule has 1 amide bonds. The highest BCUT2D eigenvalue weighted by Crippen LogP contribution is 2.27. The molecule has 0 aromatic carbocycles. The van der Waals surface area contributed by atoms with Gasteiger partial charge >= 0.3 is 0 Å². The first-order valence-electron chi connectivity index (χ1n) is 7.68. The van der Waals surface area contributed by atoms with Crippen molar-refractivity contribution in [1.82, 2.24) is 19.7 Å². The normalized spacial score (nSPS) is 17.3. The summed E-state index contributed by atoms with van der Waals surface area (Å²) in [5, 5.41) is 7.10. The maximum atomic E-state index is 11.1. The molecule has 2 aromatic heterocycles. The lowest BCUT2D eigenvalue weighted by molar-refractivity contribution is -0.114. The van der Waals surface area contributed by atoms with Gasteiger partial charge in [0.1, 0.15) is 12.1 Å². The number of carbonyl (C=O) groups excluding carboxylic acids is 1. The van der Waals surface area contributed by atoms with Gasteiger partial charge in [0.2, 0.25) is 11.8 Å². The zero-order chi connectivity index (χ0) is 16.2. The predicted molar refractivity (Wildman–Crippen MR) is 85.6 cm³/mol. The minimum Gasteiger partial charge on any atom is -0.478 e. The van der Waals surface area contributed by atoms with Gasteiger partial charge in [0.25, 0.3) is 0 Å². The fourth-order valence-electron chi connectivity index (χ4n) is 2.68. The van der Waals surface area contributed by atoms with E-state index in [4.69, 9.17) is 4.74 Å². The Kier molecular flexibility index (Phi) is 4.40. The number of rotatable bonds is 5. The van der Waals surface area contributed by atoms with Crippen LogP contribution in [0.5, 0.6) is 5.88 Å². The van der Waals surface area contributed by atoms with Crippen molar-refractivity contribution in [3.8, 4) is 5.88 Å². The highest BCUT2D eigenvalue weighted by molar-refractivity contribution is 5.87. The Bertz CT molecular complexity index is 686. The van der Waals surface area contributed by atoms with Gasteiger partial charge in [-0.3, -0.25) is 9.48 Å². The van der Waals surface area contributed by atoms with Gasteiger partial charge in [0.05, 0.1) is 12.6 Å². The Hall–Kier alpha value is -2.64. The minimum absolute atomic E-state index is 0.118. The molecule has 0 unspecified atom stereocenters. The second-order valence-electron chi connectivity index (χ2n) is 5.40. The van der Waals surface area contributed by atoms with E-state index >= 15 is 0 Å². The van der Waals surface area contributed by atoms with Crippen LogP contribution in [0, 0.1) is 0 Å². The van der Waals surface area contributed by atoms with Crippen molar-refractivity contribution in [3.63, 3.8) is 0 Å². The standard InChI is InChI=1S/C15H20N6O2/c1-3-23-15-8-14(16-10-17-15)20-6-4-12(9-20)21-7-5-13(19-21)18-11(2)22/h5,7-8,10,12H,3-4,6,9H2,1-2H3,(H,18,19,22)/t12-/m1/s1. The van der Waals surface area contributed by atoms with Gasteiger partial charge in [-0.2, -0.15) is 5.10 Å². The average molecular weight is 316 g/mol. The highest BCUT2D eigenvalue weighted by Gasteiger charge is 2.26. The van der Waals surface area contributed by atoms with Crippen LogP contribution in [0.4, 0.5) is 11.6 Å². The van der Waals surface area contributed by atoms with Crippen LogP contribution in [0.25, 0.3) is 0 Å². The van der Waals surface area contributed by atoms with Gasteiger partial charge in [0, 0.05) is 38.3 Å². The first-order valence-corrected chi connectivity index (χ1v) is 7.68. The number of carbonyl (C=O) groups is 1. The number of amides is 1. The molecule has 1 fully saturated rings. The Morgan fingerprint density at radius 1 is 1.48 bits per heavy atom. The number of nitrogens with one attached hydrogen (secondary N) is 1. The fourth-order valence-corrected chi connectivity index (χ4v) is 2.68. The first kappa shape index (κ1) is 15.3. The molecule has 1 atom stereocenters. The van der Waals surface area contributed by atoms with Crippen LogP contribution in [0.15, 0.2) is 24.7 Å². The number of anilines is 2. The van der Waals surface area contributed by atoms with Crippen molar-refractivity contribution in [2.24, 2.45) is 0 Å². The maximum absolute atomic E-state index is 11.1. The largest absolute Gasteiger partial charge is 0.478 e. The van der Waals surface area contributed by atoms with Gasteiger partial charge in [-0.05, 0) is 13.3 Å². The highest BCUT2D eigenvalue weighted by atomic mass is 16.5. The molecule has 0 spiro atoms. The van der Waals surface area contributed by atoms with E-state index in [1.165, 1.54) is 13.3 Å². The Balaban J connectivity index is 1.67. The van der Waals surface area contributed by atoms with E-state index in [0.717, 1.165) is 25.3 Å². The molecule has 3 rings (SSSR count). The molecule has 1 aliphatic heterocycles. The summed E-state index contributed by atoms with van der Waals surface area (Å²) in [6.07, 6.45) is 4.39. The predicted octanol–water partition coefficient (Wildman–Crippen LogP) is 1.48. The number of hydrogen-bond donors (Lipinski definition) is 1. The quantitative estimate of drug-likeness (QED) is 0.899. The van der Waals surface area contributed by atoms with Gasteiger partial charge in [-0.1, -0.05) is 0 Å². The SMILES string of the molecule is CCOc1cc(N2CC[C@@H](n3ccc(NC(C)=O)n3)C2)ncn1. The molecule has 8 heteroatoms. The number of hydrogen-bond acceptors (Lipinski definition) is 6. The second kappa shape index (κ2) is 6.64. The zero-order valence-corrected chi connectivity index (χ0v) is 13.3. The van der Waals surface area contributed by atoms with Gasteiger partial charge in [0.15, 0.2) is 5.82 Å². The molecule has 1 N–H and O–H groups in total. The van der Waals surface area contributed by atoms with Crippen molar-refractivity contribution in [3.05, 3.63) is 24.7 Å². The molecule has 8 nitrogen and oxygen atoms in total. The summed E-state index contributed by atoms with van der Waals surface area (Å²) in [7, 11) is 0. The Labute approximate surface area is 134 Å². The lowest BCUT2D eigenvalue weighted by atomic mass is 10.3. The summed E-state index contributed by atoms with van der Waals surface area (Å²) in [6.45, 7) is 5.68. The molecule has 23 heavy (non-hydrogen) atoms. The van der Waals surface area contributed by atoms with Crippen LogP contribution < -0.4 is 15.0 Å². The monoisotopic (exact) mass is 316 g/mol. The molecule has 2 aromatic rings. The molecule has 0 radical (unpaired) electrons. The summed E-state index contributed by atoms with van der Waals surface area (Å²) >= 11 is 0. The topological polar surface area (TPSA) is 85.2 Å². The van der Waals surface area contributed by atoms with E-state index < -0.39 is 0 Å². The number of aromatic nitrogens is 4. The van der Waals surface area contributed by atoms with Crippen molar-refractivity contribution in [1.29, 1.82) is 0 Å². The summed E-state index contributed by atoms with van der Waals surface area (Å²) < 4.78 is 7.32. The van der Waals surface area contributed by atoms with Crippen molar-refractivity contribution < 1.29 is 9.53 Å². The van der Waals surface area contributed by atoms with E-state index in [2.05, 4.69) is 25.3 Å². The first-order chi connectivity index (χ1) is 11.2. The molecule has 1 saturated heterocycles. The van der Waals surface area contributed by atoms with Crippen LogP contribution in [0.2, 0.25) is 0 Å². The van der Waals surface area contributed by atoms with Crippen LogP contribution in [-0.4, -0.2) is 45.4 Å². The zero-order valence-electron chi connectivity index (χ0n) is 13.3. The molecule has 3 heterocycles. The van der Waals surface area contributed by atoms with Crippen molar-refractivity contribution >= 4 is 17.5 Å². The van der Waals surface area contributed by atoms with Crippen LogP contribution in [0.3, 0.4) is 0 Å². The number of nitrogens with zero attached hydrogens (tertiary/aromatic N) is 5. The fraction of sp³-hybridized carbons (Fsp3) is 0.467. The molecular formula is C15H20N6O2. The van der Waals surface area contributed by atoms with E-state index in [9.17, 15) is 4.79 Å². The molecule has 0 bridgehead atoms. The molecular weight excluding hydrogens is 296 g/mol. The Morgan fingerprint density at radius 2 is 2.35 bits per heavy atom. The van der Waals surface area contributed by atoms with Crippen LogP contribution in [-0.2, 0) is 4.79 Å². The second-order valence-corrected chi connectivity index (χ2v) is 5.40. The average Bonchev–Trinajstić information content (AvgIpc) is 3.16. The van der Waals surface area contributed by atoms with Gasteiger partial charge in [-0.25, -0.2) is 9.97 Å². The van der Waals surface area contributed by atoms with Crippen molar-refractivity contribution in [2.75, 3.05) is 29.9 Å². The Morgan fingerprint density at radius 3 is 3.13 bits per heavy atom. The maximum Gasteiger partial charge on any atom is 0.222 e. The summed E-state index contributed by atoms with van der Waals surface area (Å²) in [6, 6.07) is 3.92. The summed E-state index contributed by atoms with van der Waals surface area (Å²) in [5.41, 5.74) is 0. The summed E-state index contributed by atoms with van der Waals surface area (Å²) in [5.74, 6) is 1.91. The third-order valence-electron chi connectivity index (χ3n) is 3.69. The smallest absolute Gasteiger partial charge is 0.222 e. The van der Waals surface area contributed by atoms with Crippen molar-refractivity contribution in [2.45, 2.75) is 26.3 Å². The molecule has 0 aliphatic carbocycles. The molecule has 1 aliphatic rings. The van der Waals surface area contributed by atoms with E-state index in [1.807, 2.05) is 29.9 Å². The number of ether oxygens (including phenoxy) is 1. The molecule has 122 valence electrons. The summed E-state index contributed by atoms with van der Waals surface area (Å²) in [4.78, 5) is 21.7. The lowest BCUT2D eigenvalue weighted by Gasteiger charge is -2.17. The van der Waals surface area contributed by atoms with E-state index in [-0.39, 0.29) is 11.9 Å². The lowest BCUT2D eigenvalue weighted by Crippen LogP contribution is -2.22. The van der Waals surface area contributed by atoms with E-state index in [0.29, 0.717) is 18.3 Å². The van der Waals surface area contributed by atoms with Gasteiger partial charge < -0.3 is 15.0 Å². The van der Waals surface area contributed by atoms with Crippen LogP contribution >= 0.6 is 0 Å². The minimum atomic E-state index is -0.118. The van der Waals surface area contributed by atoms with E-state index in [1.54, 1.807) is 0 Å². The third-order valence-corrected chi connectivity index (χ3v) is 3.69. The third kappa shape index (κ3) is 3.58. The van der Waals surface area contributed by atoms with Crippen LogP contribution in [0.1, 0.15) is 26.3 Å².